The van der Waals surface area contributed by atoms with Crippen molar-refractivity contribution >= 4 is 0 Å². The first-order chi connectivity index (χ1) is 11.1. The molecule has 0 aliphatic carbocycles. The van der Waals surface area contributed by atoms with Gasteiger partial charge in [0.15, 0.2) is 5.75 Å². The lowest BCUT2D eigenvalue weighted by Gasteiger charge is -2.28. The Morgan fingerprint density at radius 3 is 2.78 bits per heavy atom. The van der Waals surface area contributed by atoms with E-state index in [0.717, 1.165) is 24.2 Å². The number of nitrogens with one attached hydrogen (secondary N) is 1. The Morgan fingerprint density at radius 2 is 2.09 bits per heavy atom. The van der Waals surface area contributed by atoms with Crippen molar-refractivity contribution in [3.05, 3.63) is 75.5 Å². The van der Waals surface area contributed by atoms with Gasteiger partial charge in [-0.3, -0.25) is 9.69 Å². The van der Waals surface area contributed by atoms with Gasteiger partial charge in [0.1, 0.15) is 5.82 Å². The number of fused-ring (bicyclic) bond motifs is 1. The van der Waals surface area contributed by atoms with Crippen LogP contribution >= 0.6 is 0 Å². The maximum absolute atomic E-state index is 13.0. The van der Waals surface area contributed by atoms with Crippen LogP contribution in [-0.2, 0) is 25.9 Å². The van der Waals surface area contributed by atoms with Gasteiger partial charge in [0.05, 0.1) is 5.69 Å². The Bertz CT molecular complexity index is 781. The summed E-state index contributed by atoms with van der Waals surface area (Å²) in [6.45, 7) is 5.56. The van der Waals surface area contributed by atoms with Crippen molar-refractivity contribution in [3.8, 4) is 5.75 Å². The van der Waals surface area contributed by atoms with Gasteiger partial charge < -0.3 is 10.1 Å². The number of aromatic amines is 1. The summed E-state index contributed by atoms with van der Waals surface area (Å²) in [7, 11) is 0. The lowest BCUT2D eigenvalue weighted by molar-refractivity contribution is 0.241. The van der Waals surface area contributed by atoms with E-state index in [1.54, 1.807) is 18.2 Å². The Hall–Kier alpha value is -2.40. The number of hydrogen-bond donors (Lipinski definition) is 2. The number of benzene rings is 1. The predicted octanol–water partition coefficient (Wildman–Crippen LogP) is 2.51. The fourth-order valence-electron chi connectivity index (χ4n) is 2.96. The van der Waals surface area contributed by atoms with Crippen LogP contribution in [-0.4, -0.2) is 21.5 Å². The summed E-state index contributed by atoms with van der Waals surface area (Å²) in [5.41, 5.74) is 2.72. The molecule has 1 aromatic heterocycles. The Kier molecular flexibility index (Phi) is 4.30. The highest BCUT2D eigenvalue weighted by molar-refractivity contribution is 5.37. The molecule has 120 valence electrons. The normalized spacial score (nSPS) is 14.5. The van der Waals surface area contributed by atoms with E-state index in [4.69, 9.17) is 0 Å². The second-order valence-corrected chi connectivity index (χ2v) is 5.82. The number of pyridine rings is 1. The minimum absolute atomic E-state index is 0.215. The van der Waals surface area contributed by atoms with Gasteiger partial charge in [-0.05, 0) is 17.7 Å². The van der Waals surface area contributed by atoms with Crippen LogP contribution in [0.15, 0.2) is 41.7 Å². The zero-order chi connectivity index (χ0) is 16.4. The molecule has 0 atom stereocenters. The monoisotopic (exact) mass is 314 g/mol. The molecule has 23 heavy (non-hydrogen) atoms. The molecule has 0 fully saturated rings. The van der Waals surface area contributed by atoms with Crippen molar-refractivity contribution in [1.82, 2.24) is 9.88 Å². The molecule has 0 radical (unpaired) electrons. The molecule has 2 aromatic rings. The summed E-state index contributed by atoms with van der Waals surface area (Å²) >= 11 is 0. The zero-order valence-electron chi connectivity index (χ0n) is 12.8. The van der Waals surface area contributed by atoms with Crippen LogP contribution in [0.1, 0.15) is 22.5 Å². The zero-order valence-corrected chi connectivity index (χ0v) is 12.8. The number of aromatic hydroxyl groups is 1. The first-order valence-electron chi connectivity index (χ1n) is 7.62. The van der Waals surface area contributed by atoms with Gasteiger partial charge in [-0.15, -0.1) is 6.58 Å². The topological polar surface area (TPSA) is 56.3 Å². The molecule has 0 spiro atoms. The van der Waals surface area contributed by atoms with E-state index in [9.17, 15) is 14.3 Å². The molecule has 1 aliphatic rings. The maximum atomic E-state index is 13.0. The van der Waals surface area contributed by atoms with E-state index in [1.165, 1.54) is 12.1 Å². The Balaban J connectivity index is 1.83. The minimum atomic E-state index is -0.306. The van der Waals surface area contributed by atoms with Gasteiger partial charge in [0.2, 0.25) is 5.43 Å². The SMILES string of the molecule is C=CCc1[nH]c2c(c(=O)c1O)CN(Cc1ccc(F)cc1)CC2. The lowest BCUT2D eigenvalue weighted by Crippen LogP contribution is -2.34. The van der Waals surface area contributed by atoms with Crippen molar-refractivity contribution in [2.45, 2.75) is 25.9 Å². The molecular weight excluding hydrogens is 295 g/mol. The molecule has 0 saturated heterocycles. The van der Waals surface area contributed by atoms with Crippen LogP contribution in [0.4, 0.5) is 4.39 Å². The number of nitrogens with zero attached hydrogens (tertiary/aromatic N) is 1. The fraction of sp³-hybridized carbons (Fsp3) is 0.278. The first-order valence-corrected chi connectivity index (χ1v) is 7.62. The number of hydrogen-bond acceptors (Lipinski definition) is 3. The largest absolute Gasteiger partial charge is 0.503 e. The quantitative estimate of drug-likeness (QED) is 0.853. The van der Waals surface area contributed by atoms with Crippen LogP contribution in [0.5, 0.6) is 5.75 Å². The molecule has 5 heteroatoms. The highest BCUT2D eigenvalue weighted by Gasteiger charge is 2.22. The Labute approximate surface area is 133 Å². The van der Waals surface area contributed by atoms with Crippen LogP contribution in [0, 0.1) is 5.82 Å². The first kappa shape index (κ1) is 15.5. The highest BCUT2D eigenvalue weighted by atomic mass is 19.1. The van der Waals surface area contributed by atoms with Gasteiger partial charge >= 0.3 is 0 Å². The summed E-state index contributed by atoms with van der Waals surface area (Å²) in [5.74, 6) is -0.471. The second kappa shape index (κ2) is 6.38. The lowest BCUT2D eigenvalue weighted by atomic mass is 10.0. The standard InChI is InChI=1S/C18H19FN2O2/c1-2-3-16-18(23)17(22)14-11-21(9-8-15(14)20-16)10-12-4-6-13(19)7-5-12/h2,4-7,23H,1,3,8-11H2,(H,20,22). The second-order valence-electron chi connectivity index (χ2n) is 5.82. The van der Waals surface area contributed by atoms with E-state index >= 15 is 0 Å². The van der Waals surface area contributed by atoms with Crippen molar-refractivity contribution in [2.24, 2.45) is 0 Å². The molecule has 0 unspecified atom stereocenters. The van der Waals surface area contributed by atoms with E-state index in [1.807, 2.05) is 0 Å². The molecule has 0 bridgehead atoms. The predicted molar refractivity (Wildman–Crippen MR) is 86.8 cm³/mol. The molecular formula is C18H19FN2O2. The molecule has 4 nitrogen and oxygen atoms in total. The number of aromatic nitrogens is 1. The molecule has 1 aromatic carbocycles. The molecule has 3 rings (SSSR count). The van der Waals surface area contributed by atoms with Gasteiger partial charge in [0, 0.05) is 43.7 Å². The summed E-state index contributed by atoms with van der Waals surface area (Å²) in [6.07, 6.45) is 2.81. The van der Waals surface area contributed by atoms with E-state index < -0.39 is 0 Å². The van der Waals surface area contributed by atoms with E-state index in [0.29, 0.717) is 30.8 Å². The third-order valence-electron chi connectivity index (χ3n) is 4.17. The van der Waals surface area contributed by atoms with Crippen LogP contribution in [0.2, 0.25) is 0 Å². The van der Waals surface area contributed by atoms with Gasteiger partial charge in [-0.2, -0.15) is 0 Å². The number of allylic oxidation sites excluding steroid dienone is 1. The number of H-pyrrole nitrogens is 1. The van der Waals surface area contributed by atoms with Crippen LogP contribution in [0.25, 0.3) is 0 Å². The summed E-state index contributed by atoms with van der Waals surface area (Å²) in [6, 6.07) is 6.38. The summed E-state index contributed by atoms with van der Waals surface area (Å²) in [4.78, 5) is 17.7. The van der Waals surface area contributed by atoms with Crippen molar-refractivity contribution in [1.29, 1.82) is 0 Å². The maximum Gasteiger partial charge on any atom is 0.228 e. The molecule has 1 aliphatic heterocycles. The van der Waals surface area contributed by atoms with E-state index in [-0.39, 0.29) is 17.0 Å². The average Bonchev–Trinajstić information content (AvgIpc) is 2.55. The van der Waals surface area contributed by atoms with Gasteiger partial charge in [-0.25, -0.2) is 4.39 Å². The summed E-state index contributed by atoms with van der Waals surface area (Å²) in [5, 5.41) is 10.0. The van der Waals surface area contributed by atoms with Crippen molar-refractivity contribution < 1.29 is 9.50 Å². The third-order valence-corrected chi connectivity index (χ3v) is 4.17. The molecule has 0 saturated carbocycles. The summed E-state index contributed by atoms with van der Waals surface area (Å²) < 4.78 is 13.0. The average molecular weight is 314 g/mol. The third kappa shape index (κ3) is 3.19. The highest BCUT2D eigenvalue weighted by Crippen LogP contribution is 2.21. The van der Waals surface area contributed by atoms with Gasteiger partial charge in [-0.1, -0.05) is 18.2 Å². The number of halogens is 1. The molecule has 2 heterocycles. The van der Waals surface area contributed by atoms with Crippen molar-refractivity contribution in [2.75, 3.05) is 6.54 Å². The molecule has 2 N–H and O–H groups in total. The molecule has 0 amide bonds. The Morgan fingerprint density at radius 1 is 1.35 bits per heavy atom. The van der Waals surface area contributed by atoms with Crippen LogP contribution < -0.4 is 5.43 Å². The number of rotatable bonds is 4. The van der Waals surface area contributed by atoms with Crippen molar-refractivity contribution in [3.63, 3.8) is 0 Å². The van der Waals surface area contributed by atoms with E-state index in [2.05, 4.69) is 16.5 Å². The fourth-order valence-corrected chi connectivity index (χ4v) is 2.96. The minimum Gasteiger partial charge on any atom is -0.503 e. The smallest absolute Gasteiger partial charge is 0.228 e. The van der Waals surface area contributed by atoms with Gasteiger partial charge in [0.25, 0.3) is 0 Å². The van der Waals surface area contributed by atoms with Crippen LogP contribution in [0.3, 0.4) is 0 Å².